The van der Waals surface area contributed by atoms with Crippen LogP contribution in [0.1, 0.15) is 28.3 Å². The summed E-state index contributed by atoms with van der Waals surface area (Å²) in [4.78, 5) is 14.7. The van der Waals surface area contributed by atoms with Crippen molar-refractivity contribution < 1.29 is 9.53 Å². The van der Waals surface area contributed by atoms with Gasteiger partial charge in [-0.15, -0.1) is 0 Å². The Morgan fingerprint density at radius 3 is 2.64 bits per heavy atom. The second-order valence-electron chi connectivity index (χ2n) is 7.00. The Kier molecular flexibility index (Phi) is 6.04. The van der Waals surface area contributed by atoms with Crippen molar-refractivity contribution in [1.82, 2.24) is 10.2 Å². The zero-order valence-corrected chi connectivity index (χ0v) is 16.5. The Bertz CT molecular complexity index is 896. The first-order valence-electron chi connectivity index (χ1n) is 9.57. The van der Waals surface area contributed by atoms with Gasteiger partial charge in [0.15, 0.2) is 0 Å². The van der Waals surface area contributed by atoms with Crippen LogP contribution in [0, 0.1) is 0 Å². The largest absolute Gasteiger partial charge is 0.445 e. The maximum absolute atomic E-state index is 12.2. The van der Waals surface area contributed by atoms with Crippen molar-refractivity contribution in [1.29, 1.82) is 0 Å². The number of carbonyl (C=O) groups is 1. The van der Waals surface area contributed by atoms with E-state index in [9.17, 15) is 4.79 Å². The van der Waals surface area contributed by atoms with Crippen molar-refractivity contribution in [2.45, 2.75) is 25.6 Å². The number of hydrogen-bond donors (Lipinski definition) is 1. The molecule has 2 heterocycles. The lowest BCUT2D eigenvalue weighted by Crippen LogP contribution is -2.40. The quantitative estimate of drug-likeness (QED) is 0.657. The minimum atomic E-state index is -0.374. The Hall–Kier alpha value is -2.63. The van der Waals surface area contributed by atoms with Gasteiger partial charge in [0.25, 0.3) is 0 Å². The zero-order chi connectivity index (χ0) is 19.2. The van der Waals surface area contributed by atoms with E-state index in [1.165, 1.54) is 16.7 Å². The van der Waals surface area contributed by atoms with Crippen LogP contribution >= 0.6 is 11.3 Å². The number of ether oxygens (including phenoxy) is 1. The summed E-state index contributed by atoms with van der Waals surface area (Å²) < 4.78 is 5.37. The molecule has 0 saturated heterocycles. The lowest BCUT2D eigenvalue weighted by molar-refractivity contribution is 0.129. The highest BCUT2D eigenvalue weighted by Gasteiger charge is 2.25. The highest BCUT2D eigenvalue weighted by molar-refractivity contribution is 7.07. The number of alkyl carbamates (subject to hydrolysis) is 1. The van der Waals surface area contributed by atoms with Gasteiger partial charge in [0.05, 0.1) is 6.04 Å². The summed E-state index contributed by atoms with van der Waals surface area (Å²) in [5.74, 6) is 0. The molecular formula is C23H24N2O2S. The molecule has 0 bridgehead atoms. The number of thiophene rings is 1. The van der Waals surface area contributed by atoms with E-state index in [-0.39, 0.29) is 18.7 Å². The minimum Gasteiger partial charge on any atom is -0.445 e. The standard InChI is InChI=1S/C23H24N2O2S/c26-23(27-16-18-6-2-1-3-7-18)24-14-22(21-11-13-28-17-21)25-12-10-19-8-4-5-9-20(19)15-25/h1-9,11,13,17,22H,10,12,14-16H2,(H,24,26). The van der Waals surface area contributed by atoms with Crippen molar-refractivity contribution in [3.05, 3.63) is 93.7 Å². The van der Waals surface area contributed by atoms with Gasteiger partial charge < -0.3 is 10.1 Å². The number of benzene rings is 2. The van der Waals surface area contributed by atoms with Crippen molar-refractivity contribution >= 4 is 17.4 Å². The molecule has 1 aliphatic heterocycles. The monoisotopic (exact) mass is 392 g/mol. The fourth-order valence-electron chi connectivity index (χ4n) is 3.66. The zero-order valence-electron chi connectivity index (χ0n) is 15.7. The average Bonchev–Trinajstić information content (AvgIpc) is 3.27. The van der Waals surface area contributed by atoms with Crippen LogP contribution in [0.5, 0.6) is 0 Å². The highest BCUT2D eigenvalue weighted by atomic mass is 32.1. The third kappa shape index (κ3) is 4.61. The maximum Gasteiger partial charge on any atom is 0.407 e. The Labute approximate surface area is 169 Å². The smallest absolute Gasteiger partial charge is 0.407 e. The van der Waals surface area contributed by atoms with Crippen LogP contribution in [-0.2, 0) is 24.3 Å². The molecule has 1 aliphatic rings. The van der Waals surface area contributed by atoms with E-state index >= 15 is 0 Å². The molecule has 0 aliphatic carbocycles. The van der Waals surface area contributed by atoms with Crippen molar-refractivity contribution in [2.75, 3.05) is 13.1 Å². The minimum absolute atomic E-state index is 0.142. The maximum atomic E-state index is 12.2. The van der Waals surface area contributed by atoms with Crippen LogP contribution in [0.25, 0.3) is 0 Å². The summed E-state index contributed by atoms with van der Waals surface area (Å²) in [6.07, 6.45) is 0.663. The summed E-state index contributed by atoms with van der Waals surface area (Å²) >= 11 is 1.69. The van der Waals surface area contributed by atoms with Gasteiger partial charge in [-0.1, -0.05) is 54.6 Å². The predicted molar refractivity (Wildman–Crippen MR) is 112 cm³/mol. The van der Waals surface area contributed by atoms with Crippen LogP contribution in [0.15, 0.2) is 71.4 Å². The van der Waals surface area contributed by atoms with Crippen molar-refractivity contribution in [2.24, 2.45) is 0 Å². The molecule has 0 spiro atoms. The van der Waals surface area contributed by atoms with Crippen LogP contribution < -0.4 is 5.32 Å². The third-order valence-electron chi connectivity index (χ3n) is 5.18. The summed E-state index contributed by atoms with van der Waals surface area (Å²) in [5.41, 5.74) is 5.03. The normalized spacial score (nSPS) is 14.9. The molecule has 1 unspecified atom stereocenters. The van der Waals surface area contributed by atoms with Crippen LogP contribution in [0.2, 0.25) is 0 Å². The molecule has 3 aromatic rings. The summed E-state index contributed by atoms with van der Waals surface area (Å²) in [6.45, 7) is 2.70. The van der Waals surface area contributed by atoms with Gasteiger partial charge in [-0.3, -0.25) is 4.90 Å². The summed E-state index contributed by atoms with van der Waals surface area (Å²) in [7, 11) is 0. The van der Waals surface area contributed by atoms with Crippen LogP contribution in [0.3, 0.4) is 0 Å². The molecule has 0 radical (unpaired) electrons. The van der Waals surface area contributed by atoms with E-state index in [2.05, 4.69) is 51.3 Å². The van der Waals surface area contributed by atoms with Gasteiger partial charge in [0, 0.05) is 19.6 Å². The summed E-state index contributed by atoms with van der Waals surface area (Å²) in [6, 6.07) is 20.6. The lowest BCUT2D eigenvalue weighted by atomic mass is 9.97. The van der Waals surface area contributed by atoms with Crippen LogP contribution in [0.4, 0.5) is 4.79 Å². The molecule has 1 N–H and O–H groups in total. The van der Waals surface area contributed by atoms with E-state index in [0.29, 0.717) is 6.54 Å². The number of amides is 1. The second-order valence-corrected chi connectivity index (χ2v) is 7.78. The van der Waals surface area contributed by atoms with Crippen molar-refractivity contribution in [3.8, 4) is 0 Å². The highest BCUT2D eigenvalue weighted by Crippen LogP contribution is 2.28. The number of fused-ring (bicyclic) bond motifs is 1. The summed E-state index contributed by atoms with van der Waals surface area (Å²) in [5, 5.41) is 7.22. The van der Waals surface area contributed by atoms with E-state index in [1.807, 2.05) is 30.3 Å². The molecule has 1 aromatic heterocycles. The molecule has 0 fully saturated rings. The first-order chi connectivity index (χ1) is 13.8. The molecule has 4 rings (SSSR count). The van der Waals surface area contributed by atoms with Gasteiger partial charge in [-0.25, -0.2) is 4.79 Å². The van der Waals surface area contributed by atoms with Gasteiger partial charge in [0.1, 0.15) is 6.61 Å². The Balaban J connectivity index is 1.38. The average molecular weight is 393 g/mol. The molecule has 0 saturated carbocycles. The third-order valence-corrected chi connectivity index (χ3v) is 5.88. The van der Waals surface area contributed by atoms with Gasteiger partial charge in [-0.2, -0.15) is 11.3 Å². The molecule has 1 amide bonds. The van der Waals surface area contributed by atoms with E-state index in [0.717, 1.165) is 25.1 Å². The molecule has 2 aromatic carbocycles. The number of hydrogen-bond acceptors (Lipinski definition) is 4. The molecular weight excluding hydrogens is 368 g/mol. The van der Waals surface area contributed by atoms with E-state index in [1.54, 1.807) is 11.3 Å². The fraction of sp³-hybridized carbons (Fsp3) is 0.261. The van der Waals surface area contributed by atoms with Crippen LogP contribution in [-0.4, -0.2) is 24.1 Å². The van der Waals surface area contributed by atoms with Crippen molar-refractivity contribution in [3.63, 3.8) is 0 Å². The Morgan fingerprint density at radius 2 is 1.86 bits per heavy atom. The second kappa shape index (κ2) is 9.04. The molecule has 144 valence electrons. The number of rotatable bonds is 6. The van der Waals surface area contributed by atoms with E-state index in [4.69, 9.17) is 4.74 Å². The topological polar surface area (TPSA) is 41.6 Å². The number of nitrogens with zero attached hydrogens (tertiary/aromatic N) is 1. The predicted octanol–water partition coefficient (Wildman–Crippen LogP) is 4.77. The van der Waals surface area contributed by atoms with Gasteiger partial charge in [0.2, 0.25) is 0 Å². The molecule has 1 atom stereocenters. The first kappa shape index (κ1) is 18.7. The lowest BCUT2D eigenvalue weighted by Gasteiger charge is -2.35. The van der Waals surface area contributed by atoms with E-state index < -0.39 is 0 Å². The molecule has 4 nitrogen and oxygen atoms in total. The first-order valence-corrected chi connectivity index (χ1v) is 10.5. The number of carbonyl (C=O) groups excluding carboxylic acids is 1. The Morgan fingerprint density at radius 1 is 1.07 bits per heavy atom. The fourth-order valence-corrected chi connectivity index (χ4v) is 4.37. The van der Waals surface area contributed by atoms with Gasteiger partial charge >= 0.3 is 6.09 Å². The molecule has 28 heavy (non-hydrogen) atoms. The van der Waals surface area contributed by atoms with Gasteiger partial charge in [-0.05, 0) is 45.5 Å². The number of nitrogens with one attached hydrogen (secondary N) is 1. The molecule has 5 heteroatoms. The SMILES string of the molecule is O=C(NCC(c1ccsc1)N1CCc2ccccc2C1)OCc1ccccc1.